The van der Waals surface area contributed by atoms with Gasteiger partial charge < -0.3 is 5.11 Å². The number of rotatable bonds is 1. The summed E-state index contributed by atoms with van der Waals surface area (Å²) < 4.78 is 1.37. The minimum atomic E-state index is -1.20. The molecule has 0 fully saturated rings. The quantitative estimate of drug-likeness (QED) is 0.743. The molecule has 6 heteroatoms. The van der Waals surface area contributed by atoms with Crippen LogP contribution in [0.1, 0.15) is 10.6 Å². The van der Waals surface area contributed by atoms with E-state index < -0.39 is 5.97 Å². The Morgan fingerprint density at radius 2 is 2.38 bits per heavy atom. The molecule has 0 saturated heterocycles. The standard InChI is InChI=1S/C7H4ClN3O2/c8-5-4-2-1-3-11(4)10-6(9-5)7(12)13/h1-3H,(H,12,13). The molecule has 2 heterocycles. The Kier molecular flexibility index (Phi) is 1.66. The SMILES string of the molecule is O=C(O)c1nc(Cl)c2cccn2n1. The number of carboxylic acids is 1. The minimum Gasteiger partial charge on any atom is -0.475 e. The second-order valence-electron chi connectivity index (χ2n) is 2.37. The molecule has 2 aromatic heterocycles. The summed E-state index contributed by atoms with van der Waals surface area (Å²) in [6.45, 7) is 0. The summed E-state index contributed by atoms with van der Waals surface area (Å²) in [5.74, 6) is -1.51. The lowest BCUT2D eigenvalue weighted by molar-refractivity contribution is 0.0681. The van der Waals surface area contributed by atoms with Crippen LogP contribution in [0.3, 0.4) is 0 Å². The predicted molar refractivity (Wildman–Crippen MR) is 45.0 cm³/mol. The van der Waals surface area contributed by atoms with E-state index in [1.165, 1.54) is 4.52 Å². The highest BCUT2D eigenvalue weighted by molar-refractivity contribution is 6.32. The van der Waals surface area contributed by atoms with Crippen LogP contribution in [0.4, 0.5) is 0 Å². The van der Waals surface area contributed by atoms with Crippen LogP contribution in [0.2, 0.25) is 5.15 Å². The maximum atomic E-state index is 10.5. The van der Waals surface area contributed by atoms with Gasteiger partial charge in [0.15, 0.2) is 5.15 Å². The van der Waals surface area contributed by atoms with Gasteiger partial charge in [0.05, 0.1) is 0 Å². The third-order valence-electron chi connectivity index (χ3n) is 1.54. The van der Waals surface area contributed by atoms with Crippen LogP contribution < -0.4 is 0 Å². The molecule has 0 aromatic carbocycles. The summed E-state index contributed by atoms with van der Waals surface area (Å²) >= 11 is 5.71. The first-order valence-electron chi connectivity index (χ1n) is 3.42. The number of hydrogen-bond donors (Lipinski definition) is 1. The van der Waals surface area contributed by atoms with Gasteiger partial charge in [-0.25, -0.2) is 14.3 Å². The van der Waals surface area contributed by atoms with E-state index in [0.29, 0.717) is 5.52 Å². The first kappa shape index (κ1) is 8.00. The van der Waals surface area contributed by atoms with Gasteiger partial charge in [0, 0.05) is 6.20 Å². The molecular weight excluding hydrogens is 194 g/mol. The third kappa shape index (κ3) is 1.23. The highest BCUT2D eigenvalue weighted by Gasteiger charge is 2.10. The first-order valence-corrected chi connectivity index (χ1v) is 3.80. The number of carbonyl (C=O) groups is 1. The van der Waals surface area contributed by atoms with Gasteiger partial charge in [0.1, 0.15) is 5.52 Å². The molecule has 13 heavy (non-hydrogen) atoms. The van der Waals surface area contributed by atoms with Crippen LogP contribution in [0.5, 0.6) is 0 Å². The fourth-order valence-corrected chi connectivity index (χ4v) is 1.22. The molecule has 2 aromatic rings. The van der Waals surface area contributed by atoms with Crippen molar-refractivity contribution in [1.82, 2.24) is 14.6 Å². The highest BCUT2D eigenvalue weighted by Crippen LogP contribution is 2.13. The zero-order valence-corrected chi connectivity index (χ0v) is 7.06. The molecule has 0 saturated carbocycles. The molecule has 0 unspecified atom stereocenters. The van der Waals surface area contributed by atoms with E-state index >= 15 is 0 Å². The van der Waals surface area contributed by atoms with E-state index in [9.17, 15) is 4.79 Å². The minimum absolute atomic E-state index is 0.136. The smallest absolute Gasteiger partial charge is 0.375 e. The zero-order chi connectivity index (χ0) is 9.42. The van der Waals surface area contributed by atoms with Crippen molar-refractivity contribution in [1.29, 1.82) is 0 Å². The van der Waals surface area contributed by atoms with Gasteiger partial charge in [-0.2, -0.15) is 0 Å². The normalized spacial score (nSPS) is 10.5. The van der Waals surface area contributed by atoms with Gasteiger partial charge in [-0.3, -0.25) is 0 Å². The van der Waals surface area contributed by atoms with E-state index in [1.54, 1.807) is 18.3 Å². The number of carboxylic acid groups (broad SMARTS) is 1. The van der Waals surface area contributed by atoms with Gasteiger partial charge in [0.2, 0.25) is 0 Å². The lowest BCUT2D eigenvalue weighted by Gasteiger charge is -1.97. The summed E-state index contributed by atoms with van der Waals surface area (Å²) in [5, 5.41) is 12.5. The van der Waals surface area contributed by atoms with E-state index in [1.807, 2.05) is 0 Å². The number of halogens is 1. The molecule has 0 amide bonds. The first-order chi connectivity index (χ1) is 6.18. The molecule has 0 aliphatic heterocycles. The van der Waals surface area contributed by atoms with Gasteiger partial charge in [-0.05, 0) is 12.1 Å². The Balaban J connectivity index is 2.77. The Bertz CT molecular complexity index is 480. The lowest BCUT2D eigenvalue weighted by atomic mass is 10.5. The fraction of sp³-hybridized carbons (Fsp3) is 0. The molecule has 0 aliphatic carbocycles. The van der Waals surface area contributed by atoms with Crippen molar-refractivity contribution in [2.75, 3.05) is 0 Å². The molecule has 0 aliphatic rings. The van der Waals surface area contributed by atoms with E-state index in [0.717, 1.165) is 0 Å². The van der Waals surface area contributed by atoms with Crippen molar-refractivity contribution in [2.24, 2.45) is 0 Å². The molecule has 0 spiro atoms. The molecule has 0 atom stereocenters. The Hall–Kier alpha value is -1.62. The Morgan fingerprint density at radius 1 is 1.62 bits per heavy atom. The molecule has 5 nitrogen and oxygen atoms in total. The molecule has 0 bridgehead atoms. The van der Waals surface area contributed by atoms with Crippen LogP contribution in [0.15, 0.2) is 18.3 Å². The molecule has 1 N–H and O–H groups in total. The Morgan fingerprint density at radius 3 is 3.08 bits per heavy atom. The number of nitrogens with zero attached hydrogens (tertiary/aromatic N) is 3. The maximum Gasteiger partial charge on any atom is 0.375 e. The number of hydrogen-bond acceptors (Lipinski definition) is 3. The number of aromatic nitrogens is 3. The van der Waals surface area contributed by atoms with Crippen LogP contribution in [-0.2, 0) is 0 Å². The van der Waals surface area contributed by atoms with Crippen LogP contribution in [-0.4, -0.2) is 25.7 Å². The largest absolute Gasteiger partial charge is 0.475 e. The van der Waals surface area contributed by atoms with Crippen molar-refractivity contribution >= 4 is 23.1 Å². The van der Waals surface area contributed by atoms with Crippen molar-refractivity contribution in [3.8, 4) is 0 Å². The highest BCUT2D eigenvalue weighted by atomic mass is 35.5. The van der Waals surface area contributed by atoms with Crippen LogP contribution in [0.25, 0.3) is 5.52 Å². The van der Waals surface area contributed by atoms with E-state index in [4.69, 9.17) is 16.7 Å². The number of aromatic carboxylic acids is 1. The summed E-state index contributed by atoms with van der Waals surface area (Å²) in [4.78, 5) is 14.1. The average molecular weight is 198 g/mol. The van der Waals surface area contributed by atoms with Crippen molar-refractivity contribution in [3.05, 3.63) is 29.3 Å². The maximum absolute atomic E-state index is 10.5. The number of fused-ring (bicyclic) bond motifs is 1. The van der Waals surface area contributed by atoms with Crippen molar-refractivity contribution < 1.29 is 9.90 Å². The summed E-state index contributed by atoms with van der Waals surface area (Å²) in [6.07, 6.45) is 1.61. The van der Waals surface area contributed by atoms with Gasteiger partial charge >= 0.3 is 5.97 Å². The van der Waals surface area contributed by atoms with Crippen molar-refractivity contribution in [2.45, 2.75) is 0 Å². The topological polar surface area (TPSA) is 67.5 Å². The summed E-state index contributed by atoms with van der Waals surface area (Å²) in [7, 11) is 0. The summed E-state index contributed by atoms with van der Waals surface area (Å²) in [5.41, 5.74) is 0.590. The molecule has 0 radical (unpaired) electrons. The lowest BCUT2D eigenvalue weighted by Crippen LogP contribution is -2.07. The van der Waals surface area contributed by atoms with Gasteiger partial charge in [0.25, 0.3) is 5.82 Å². The zero-order valence-electron chi connectivity index (χ0n) is 6.31. The molecular formula is C7H4ClN3O2. The molecule has 66 valence electrons. The fourth-order valence-electron chi connectivity index (χ4n) is 0.988. The monoisotopic (exact) mass is 197 g/mol. The third-order valence-corrected chi connectivity index (χ3v) is 1.82. The second kappa shape index (κ2) is 2.70. The van der Waals surface area contributed by atoms with Gasteiger partial charge in [-0.15, -0.1) is 5.10 Å². The van der Waals surface area contributed by atoms with E-state index in [-0.39, 0.29) is 11.0 Å². The Labute approximate surface area is 77.6 Å². The van der Waals surface area contributed by atoms with Crippen LogP contribution in [0, 0.1) is 0 Å². The predicted octanol–water partition coefficient (Wildman–Crippen LogP) is 1.08. The van der Waals surface area contributed by atoms with Crippen molar-refractivity contribution in [3.63, 3.8) is 0 Å². The summed E-state index contributed by atoms with van der Waals surface area (Å²) in [6, 6.07) is 3.41. The second-order valence-corrected chi connectivity index (χ2v) is 2.73. The van der Waals surface area contributed by atoms with E-state index in [2.05, 4.69) is 10.1 Å². The van der Waals surface area contributed by atoms with Gasteiger partial charge in [-0.1, -0.05) is 11.6 Å². The average Bonchev–Trinajstić information content (AvgIpc) is 2.51. The van der Waals surface area contributed by atoms with Crippen LogP contribution >= 0.6 is 11.6 Å². The molecule has 2 rings (SSSR count).